The zero-order chi connectivity index (χ0) is 14.3. The first kappa shape index (κ1) is 15.4. The minimum absolute atomic E-state index is 0.138. The Hall–Kier alpha value is -1.62. The van der Waals surface area contributed by atoms with E-state index in [1.807, 2.05) is 31.2 Å². The lowest BCUT2D eigenvalue weighted by Crippen LogP contribution is -2.30. The molecule has 1 amide bonds. The molecule has 1 aromatic carbocycles. The average Bonchev–Trinajstić information content (AvgIpc) is 2.37. The van der Waals surface area contributed by atoms with Crippen LogP contribution in [0.25, 0.3) is 0 Å². The number of carbonyl (C=O) groups excluding carboxylic acids is 2. The summed E-state index contributed by atoms with van der Waals surface area (Å²) in [5.41, 5.74) is 0.983. The van der Waals surface area contributed by atoms with E-state index in [1.165, 1.54) is 6.08 Å². The molecule has 0 aliphatic carbocycles. The van der Waals surface area contributed by atoms with Crippen molar-refractivity contribution in [3.8, 4) is 0 Å². The molecule has 0 saturated carbocycles. The van der Waals surface area contributed by atoms with Gasteiger partial charge in [-0.05, 0) is 31.5 Å². The van der Waals surface area contributed by atoms with Crippen LogP contribution in [0.15, 0.2) is 40.9 Å². The van der Waals surface area contributed by atoms with Gasteiger partial charge >= 0.3 is 5.97 Å². The van der Waals surface area contributed by atoms with Crippen LogP contribution in [0, 0.1) is 0 Å². The SMILES string of the molecule is C/C=C/C(=O)OCC(=O)N[C@H](C)c1ccc(Br)cc1. The van der Waals surface area contributed by atoms with Gasteiger partial charge in [-0.1, -0.05) is 34.1 Å². The molecule has 0 aliphatic heterocycles. The number of carbonyl (C=O) groups is 2. The highest BCUT2D eigenvalue weighted by Gasteiger charge is 2.10. The van der Waals surface area contributed by atoms with Gasteiger partial charge in [-0.15, -0.1) is 0 Å². The van der Waals surface area contributed by atoms with Crippen molar-refractivity contribution in [2.75, 3.05) is 6.61 Å². The molecule has 0 heterocycles. The maximum atomic E-state index is 11.6. The van der Waals surface area contributed by atoms with Gasteiger partial charge in [0.2, 0.25) is 0 Å². The maximum absolute atomic E-state index is 11.6. The monoisotopic (exact) mass is 325 g/mol. The van der Waals surface area contributed by atoms with Crippen molar-refractivity contribution in [1.29, 1.82) is 0 Å². The lowest BCUT2D eigenvalue weighted by molar-refractivity contribution is -0.144. The maximum Gasteiger partial charge on any atom is 0.330 e. The zero-order valence-corrected chi connectivity index (χ0v) is 12.4. The molecule has 0 radical (unpaired) electrons. The largest absolute Gasteiger partial charge is 0.452 e. The van der Waals surface area contributed by atoms with Gasteiger partial charge in [-0.3, -0.25) is 4.79 Å². The topological polar surface area (TPSA) is 55.4 Å². The first-order valence-corrected chi connectivity index (χ1v) is 6.66. The molecule has 1 aromatic rings. The number of amides is 1. The van der Waals surface area contributed by atoms with Crippen molar-refractivity contribution >= 4 is 27.8 Å². The first-order valence-electron chi connectivity index (χ1n) is 5.87. The van der Waals surface area contributed by atoms with Gasteiger partial charge in [0.05, 0.1) is 6.04 Å². The van der Waals surface area contributed by atoms with Crippen LogP contribution in [-0.2, 0) is 14.3 Å². The van der Waals surface area contributed by atoms with E-state index in [9.17, 15) is 9.59 Å². The molecule has 0 unspecified atom stereocenters. The predicted octanol–water partition coefficient (Wildman–Crippen LogP) is 2.75. The standard InChI is InChI=1S/C14H16BrNO3/c1-3-4-14(18)19-9-13(17)16-10(2)11-5-7-12(15)8-6-11/h3-8,10H,9H2,1-2H3,(H,16,17)/b4-3+/t10-/m1/s1. The number of benzene rings is 1. The van der Waals surface area contributed by atoms with Crippen molar-refractivity contribution < 1.29 is 14.3 Å². The number of allylic oxidation sites excluding steroid dienone is 1. The van der Waals surface area contributed by atoms with Crippen molar-refractivity contribution in [3.05, 3.63) is 46.5 Å². The second-order valence-corrected chi connectivity index (χ2v) is 4.86. The van der Waals surface area contributed by atoms with Crippen molar-refractivity contribution in [3.63, 3.8) is 0 Å². The van der Waals surface area contributed by atoms with E-state index in [2.05, 4.69) is 21.2 Å². The molecule has 1 atom stereocenters. The van der Waals surface area contributed by atoms with Crippen LogP contribution in [0.4, 0.5) is 0 Å². The number of esters is 1. The Bertz CT molecular complexity index is 468. The van der Waals surface area contributed by atoms with Crippen LogP contribution in [0.3, 0.4) is 0 Å². The number of rotatable bonds is 5. The number of halogens is 1. The predicted molar refractivity (Wildman–Crippen MR) is 76.5 cm³/mol. The van der Waals surface area contributed by atoms with E-state index < -0.39 is 5.97 Å². The smallest absolute Gasteiger partial charge is 0.330 e. The number of hydrogen-bond acceptors (Lipinski definition) is 3. The average molecular weight is 326 g/mol. The molecule has 4 nitrogen and oxygen atoms in total. The molecule has 0 aliphatic rings. The van der Waals surface area contributed by atoms with Crippen LogP contribution in [0.1, 0.15) is 25.5 Å². The molecule has 0 saturated heterocycles. The molecule has 0 bridgehead atoms. The van der Waals surface area contributed by atoms with Gasteiger partial charge in [0.1, 0.15) is 0 Å². The summed E-state index contributed by atoms with van der Waals surface area (Å²) in [5, 5.41) is 2.76. The van der Waals surface area contributed by atoms with Gasteiger partial charge in [-0.2, -0.15) is 0 Å². The van der Waals surface area contributed by atoms with Crippen molar-refractivity contribution in [2.24, 2.45) is 0 Å². The Labute approximate surface area is 121 Å². The Balaban J connectivity index is 2.43. The number of hydrogen-bond donors (Lipinski definition) is 1. The fourth-order valence-electron chi connectivity index (χ4n) is 1.44. The summed E-state index contributed by atoms with van der Waals surface area (Å²) in [4.78, 5) is 22.6. The summed E-state index contributed by atoms with van der Waals surface area (Å²) >= 11 is 3.35. The summed E-state index contributed by atoms with van der Waals surface area (Å²) < 4.78 is 5.74. The molecule has 0 fully saturated rings. The molecule has 0 aromatic heterocycles. The molecule has 5 heteroatoms. The van der Waals surface area contributed by atoms with Crippen LogP contribution in [0.2, 0.25) is 0 Å². The van der Waals surface area contributed by atoms with E-state index in [4.69, 9.17) is 4.74 Å². The Morgan fingerprint density at radius 3 is 2.58 bits per heavy atom. The van der Waals surface area contributed by atoms with Crippen LogP contribution in [-0.4, -0.2) is 18.5 Å². The highest BCUT2D eigenvalue weighted by molar-refractivity contribution is 9.10. The summed E-state index contributed by atoms with van der Waals surface area (Å²) in [6.07, 6.45) is 2.83. The van der Waals surface area contributed by atoms with Crippen LogP contribution >= 0.6 is 15.9 Å². The normalized spacial score (nSPS) is 12.2. The fourth-order valence-corrected chi connectivity index (χ4v) is 1.70. The highest BCUT2D eigenvalue weighted by atomic mass is 79.9. The van der Waals surface area contributed by atoms with Crippen molar-refractivity contribution in [2.45, 2.75) is 19.9 Å². The minimum atomic E-state index is -0.519. The Morgan fingerprint density at radius 2 is 2.00 bits per heavy atom. The van der Waals surface area contributed by atoms with Crippen molar-refractivity contribution in [1.82, 2.24) is 5.32 Å². The molecule has 19 heavy (non-hydrogen) atoms. The number of ether oxygens (including phenoxy) is 1. The van der Waals surface area contributed by atoms with E-state index in [0.29, 0.717) is 0 Å². The third kappa shape index (κ3) is 5.70. The third-order valence-electron chi connectivity index (χ3n) is 2.40. The molecular formula is C14H16BrNO3. The van der Waals surface area contributed by atoms with Gasteiger partial charge in [0.25, 0.3) is 5.91 Å². The van der Waals surface area contributed by atoms with Crippen LogP contribution < -0.4 is 5.32 Å². The molecule has 1 N–H and O–H groups in total. The third-order valence-corrected chi connectivity index (χ3v) is 2.92. The molecule has 1 rings (SSSR count). The summed E-state index contributed by atoms with van der Waals surface area (Å²) in [6.45, 7) is 3.30. The lowest BCUT2D eigenvalue weighted by Gasteiger charge is -2.14. The van der Waals surface area contributed by atoms with Gasteiger partial charge in [0.15, 0.2) is 6.61 Å². The minimum Gasteiger partial charge on any atom is -0.452 e. The van der Waals surface area contributed by atoms with E-state index in [-0.39, 0.29) is 18.6 Å². The first-order chi connectivity index (χ1) is 9.02. The lowest BCUT2D eigenvalue weighted by atomic mass is 10.1. The summed E-state index contributed by atoms with van der Waals surface area (Å²) in [7, 11) is 0. The molecule has 0 spiro atoms. The second-order valence-electron chi connectivity index (χ2n) is 3.95. The second kappa shape index (κ2) is 7.74. The van der Waals surface area contributed by atoms with E-state index >= 15 is 0 Å². The fraction of sp³-hybridized carbons (Fsp3) is 0.286. The molecule has 102 valence electrons. The van der Waals surface area contributed by atoms with Crippen LogP contribution in [0.5, 0.6) is 0 Å². The summed E-state index contributed by atoms with van der Waals surface area (Å²) in [5.74, 6) is -0.845. The Morgan fingerprint density at radius 1 is 1.37 bits per heavy atom. The highest BCUT2D eigenvalue weighted by Crippen LogP contribution is 2.16. The number of nitrogens with one attached hydrogen (secondary N) is 1. The molecular weight excluding hydrogens is 310 g/mol. The zero-order valence-electron chi connectivity index (χ0n) is 10.9. The summed E-state index contributed by atoms with van der Waals surface area (Å²) in [6, 6.07) is 7.51. The quantitative estimate of drug-likeness (QED) is 0.669. The van der Waals surface area contributed by atoms with Gasteiger partial charge < -0.3 is 10.1 Å². The van der Waals surface area contributed by atoms with Gasteiger partial charge in [0, 0.05) is 10.5 Å². The van der Waals surface area contributed by atoms with Gasteiger partial charge in [-0.25, -0.2) is 4.79 Å². The Kier molecular flexibility index (Phi) is 6.29. The van der Waals surface area contributed by atoms with E-state index in [1.54, 1.807) is 13.0 Å². The van der Waals surface area contributed by atoms with E-state index in [0.717, 1.165) is 10.0 Å².